The van der Waals surface area contributed by atoms with E-state index in [1.54, 1.807) is 6.21 Å². The lowest BCUT2D eigenvalue weighted by molar-refractivity contribution is -0.122. The third-order valence-electron chi connectivity index (χ3n) is 3.56. The van der Waals surface area contributed by atoms with Gasteiger partial charge in [-0.15, -0.1) is 10.2 Å². The number of amides is 1. The second-order valence-corrected chi connectivity index (χ2v) is 5.40. The summed E-state index contributed by atoms with van der Waals surface area (Å²) in [6.07, 6.45) is 2.59. The Kier molecular flexibility index (Phi) is 5.26. The molecule has 1 amide bonds. The first-order valence-corrected chi connectivity index (χ1v) is 7.98. The maximum atomic E-state index is 11.9. The molecule has 0 unspecified atom stereocenters. The summed E-state index contributed by atoms with van der Waals surface area (Å²) in [6, 6.07) is 17.5. The fraction of sp³-hybridized carbons (Fsp3) is 0.167. The minimum Gasteiger partial charge on any atom is -0.271 e. The molecule has 7 nitrogen and oxygen atoms in total. The first-order valence-electron chi connectivity index (χ1n) is 7.98. The van der Waals surface area contributed by atoms with Crippen LogP contribution in [0.4, 0.5) is 0 Å². The minimum absolute atomic E-state index is 0.0497. The Balaban J connectivity index is 1.54. The van der Waals surface area contributed by atoms with Gasteiger partial charge in [0.15, 0.2) is 0 Å². The van der Waals surface area contributed by atoms with E-state index in [-0.39, 0.29) is 12.5 Å². The molecule has 0 saturated heterocycles. The number of nitrogens with one attached hydrogen (secondary N) is 1. The second kappa shape index (κ2) is 7.96. The number of hydrogen-bond donors (Lipinski definition) is 1. The molecule has 1 N–H and O–H groups in total. The zero-order valence-corrected chi connectivity index (χ0v) is 13.8. The van der Waals surface area contributed by atoms with E-state index in [1.807, 2.05) is 54.6 Å². The number of aromatic nitrogens is 4. The molecule has 0 spiro atoms. The summed E-state index contributed by atoms with van der Waals surface area (Å²) < 4.78 is 0. The predicted molar refractivity (Wildman–Crippen MR) is 94.8 cm³/mol. The lowest BCUT2D eigenvalue weighted by Crippen LogP contribution is -2.24. The number of aryl methyl sites for hydroxylation is 1. The van der Waals surface area contributed by atoms with Gasteiger partial charge in [0.25, 0.3) is 5.91 Å². The van der Waals surface area contributed by atoms with Crippen LogP contribution in [0.1, 0.15) is 18.1 Å². The molecule has 7 heteroatoms. The van der Waals surface area contributed by atoms with Crippen molar-refractivity contribution in [1.29, 1.82) is 0 Å². The molecule has 0 aliphatic carbocycles. The molecular formula is C18H18N6O. The van der Waals surface area contributed by atoms with Gasteiger partial charge in [-0.3, -0.25) is 4.79 Å². The highest BCUT2D eigenvalue weighted by Gasteiger charge is 2.08. The fourth-order valence-corrected chi connectivity index (χ4v) is 2.20. The van der Waals surface area contributed by atoms with E-state index in [9.17, 15) is 4.79 Å². The zero-order valence-electron chi connectivity index (χ0n) is 13.8. The van der Waals surface area contributed by atoms with Crippen LogP contribution < -0.4 is 5.43 Å². The largest absolute Gasteiger partial charge is 0.271 e. The molecule has 126 valence electrons. The summed E-state index contributed by atoms with van der Waals surface area (Å²) in [5, 5.41) is 16.0. The Labute approximate surface area is 145 Å². The van der Waals surface area contributed by atoms with E-state index in [2.05, 4.69) is 32.9 Å². The summed E-state index contributed by atoms with van der Waals surface area (Å²) in [7, 11) is 0. The van der Waals surface area contributed by atoms with Gasteiger partial charge < -0.3 is 0 Å². The number of benzene rings is 2. The van der Waals surface area contributed by atoms with E-state index in [0.29, 0.717) is 5.82 Å². The van der Waals surface area contributed by atoms with Crippen molar-refractivity contribution >= 4 is 12.1 Å². The number of hydrogen-bond acceptors (Lipinski definition) is 5. The Morgan fingerprint density at radius 3 is 2.64 bits per heavy atom. The van der Waals surface area contributed by atoms with Crippen molar-refractivity contribution in [3.63, 3.8) is 0 Å². The molecule has 0 saturated carbocycles. The lowest BCUT2D eigenvalue weighted by atomic mass is 10.1. The molecule has 0 aliphatic rings. The lowest BCUT2D eigenvalue weighted by Gasteiger charge is -1.99. The van der Waals surface area contributed by atoms with Gasteiger partial charge in [0, 0.05) is 5.56 Å². The highest BCUT2D eigenvalue weighted by Crippen LogP contribution is 2.11. The normalized spacial score (nSPS) is 10.9. The van der Waals surface area contributed by atoms with Crippen LogP contribution in [0, 0.1) is 0 Å². The van der Waals surface area contributed by atoms with Crippen molar-refractivity contribution < 1.29 is 4.79 Å². The van der Waals surface area contributed by atoms with Crippen molar-refractivity contribution in [2.24, 2.45) is 5.10 Å². The third-order valence-corrected chi connectivity index (χ3v) is 3.56. The fourth-order valence-electron chi connectivity index (χ4n) is 2.20. The number of rotatable bonds is 6. The number of tetrazole rings is 1. The third kappa shape index (κ3) is 4.57. The molecule has 3 aromatic rings. The minimum atomic E-state index is -0.321. The van der Waals surface area contributed by atoms with Crippen LogP contribution in [0.3, 0.4) is 0 Å². The number of carbonyl (C=O) groups is 1. The van der Waals surface area contributed by atoms with Crippen LogP contribution in [-0.2, 0) is 17.8 Å². The Hall–Kier alpha value is -3.35. The predicted octanol–water partition coefficient (Wildman–Crippen LogP) is 2.05. The maximum absolute atomic E-state index is 11.9. The van der Waals surface area contributed by atoms with Gasteiger partial charge in [0.1, 0.15) is 6.54 Å². The quantitative estimate of drug-likeness (QED) is 0.552. The number of nitrogens with zero attached hydrogens (tertiary/aromatic N) is 5. The van der Waals surface area contributed by atoms with Gasteiger partial charge in [0.2, 0.25) is 5.82 Å². The van der Waals surface area contributed by atoms with Gasteiger partial charge in [-0.1, -0.05) is 61.5 Å². The van der Waals surface area contributed by atoms with Gasteiger partial charge in [-0.2, -0.15) is 9.90 Å². The van der Waals surface area contributed by atoms with Crippen LogP contribution in [0.2, 0.25) is 0 Å². The van der Waals surface area contributed by atoms with Crippen molar-refractivity contribution in [1.82, 2.24) is 25.6 Å². The van der Waals surface area contributed by atoms with Gasteiger partial charge in [0.05, 0.1) is 6.21 Å². The summed E-state index contributed by atoms with van der Waals surface area (Å²) in [4.78, 5) is 13.1. The molecule has 3 rings (SSSR count). The van der Waals surface area contributed by atoms with Crippen LogP contribution in [0.15, 0.2) is 59.7 Å². The molecule has 25 heavy (non-hydrogen) atoms. The summed E-state index contributed by atoms with van der Waals surface area (Å²) in [5.74, 6) is 0.159. The highest BCUT2D eigenvalue weighted by atomic mass is 16.2. The smallest absolute Gasteiger partial charge is 0.263 e. The van der Waals surface area contributed by atoms with E-state index in [0.717, 1.165) is 17.5 Å². The van der Waals surface area contributed by atoms with Crippen LogP contribution in [-0.4, -0.2) is 32.3 Å². The first kappa shape index (κ1) is 16.5. The van der Waals surface area contributed by atoms with E-state index >= 15 is 0 Å². The van der Waals surface area contributed by atoms with Gasteiger partial charge in [-0.25, -0.2) is 5.43 Å². The van der Waals surface area contributed by atoms with Gasteiger partial charge >= 0.3 is 0 Å². The first-order chi connectivity index (χ1) is 12.2. The zero-order chi connectivity index (χ0) is 17.5. The molecule has 0 radical (unpaired) electrons. The van der Waals surface area contributed by atoms with Crippen LogP contribution >= 0.6 is 0 Å². The Bertz CT molecular complexity index is 855. The molecule has 2 aromatic carbocycles. The van der Waals surface area contributed by atoms with Crippen molar-refractivity contribution in [2.45, 2.75) is 19.9 Å². The van der Waals surface area contributed by atoms with Crippen molar-refractivity contribution in [3.05, 3.63) is 65.7 Å². The van der Waals surface area contributed by atoms with Crippen molar-refractivity contribution in [2.75, 3.05) is 0 Å². The van der Waals surface area contributed by atoms with E-state index in [4.69, 9.17) is 0 Å². The standard InChI is InChI=1S/C18H18N6O/c1-2-14-8-10-15(11-9-14)12-19-20-17(25)13-24-22-18(21-23-24)16-6-4-3-5-7-16/h3-12H,2,13H2,1H3,(H,20,25). The van der Waals surface area contributed by atoms with Crippen LogP contribution in [0.25, 0.3) is 11.4 Å². The molecular weight excluding hydrogens is 316 g/mol. The number of carbonyl (C=O) groups excluding carboxylic acids is 1. The van der Waals surface area contributed by atoms with E-state index < -0.39 is 0 Å². The highest BCUT2D eigenvalue weighted by molar-refractivity contribution is 5.82. The monoisotopic (exact) mass is 334 g/mol. The summed E-state index contributed by atoms with van der Waals surface area (Å²) >= 11 is 0. The van der Waals surface area contributed by atoms with Crippen LogP contribution in [0.5, 0.6) is 0 Å². The number of hydrazone groups is 1. The average Bonchev–Trinajstić information content (AvgIpc) is 3.11. The Morgan fingerprint density at radius 1 is 1.16 bits per heavy atom. The topological polar surface area (TPSA) is 85.1 Å². The average molecular weight is 334 g/mol. The summed E-state index contributed by atoms with van der Waals surface area (Å²) in [5.41, 5.74) is 5.49. The molecule has 0 fully saturated rings. The molecule has 0 aliphatic heterocycles. The molecule has 1 aromatic heterocycles. The summed E-state index contributed by atoms with van der Waals surface area (Å²) in [6.45, 7) is 2.05. The SMILES string of the molecule is CCc1ccc(C=NNC(=O)Cn2nnc(-c3ccccc3)n2)cc1. The molecule has 0 atom stereocenters. The van der Waals surface area contributed by atoms with E-state index in [1.165, 1.54) is 10.4 Å². The second-order valence-electron chi connectivity index (χ2n) is 5.40. The maximum Gasteiger partial charge on any atom is 0.263 e. The molecule has 0 bridgehead atoms. The van der Waals surface area contributed by atoms with Crippen molar-refractivity contribution in [3.8, 4) is 11.4 Å². The Morgan fingerprint density at radius 2 is 1.92 bits per heavy atom. The molecule has 1 heterocycles. The van der Waals surface area contributed by atoms with Gasteiger partial charge in [-0.05, 0) is 22.8 Å².